The average Bonchev–Trinajstić information content (AvgIpc) is 2.75. The van der Waals surface area contributed by atoms with Crippen molar-refractivity contribution in [2.45, 2.75) is 5.75 Å². The Labute approximate surface area is 122 Å². The van der Waals surface area contributed by atoms with Crippen LogP contribution in [0.3, 0.4) is 0 Å². The fourth-order valence-corrected chi connectivity index (χ4v) is 3.25. The topological polar surface area (TPSA) is 73.3 Å². The fourth-order valence-electron chi connectivity index (χ4n) is 2.28. The zero-order valence-electron chi connectivity index (χ0n) is 11.0. The lowest BCUT2D eigenvalue weighted by Gasteiger charge is -2.01. The van der Waals surface area contributed by atoms with Gasteiger partial charge in [0.25, 0.3) is 0 Å². The van der Waals surface area contributed by atoms with E-state index >= 15 is 0 Å². The Balaban J connectivity index is 2.02. The third kappa shape index (κ3) is 2.80. The number of benzene rings is 2. The molecule has 3 rings (SSSR count). The van der Waals surface area contributed by atoms with Gasteiger partial charge in [-0.15, -0.1) is 0 Å². The van der Waals surface area contributed by atoms with E-state index < -0.39 is 16.7 Å². The maximum absolute atomic E-state index is 13.4. The van der Waals surface area contributed by atoms with Gasteiger partial charge in [0, 0.05) is 27.3 Å². The van der Waals surface area contributed by atoms with E-state index in [1.54, 1.807) is 24.3 Å². The number of nitrogens with two attached hydrogens (primary N) is 1. The van der Waals surface area contributed by atoms with Gasteiger partial charge in [-0.1, -0.05) is 6.07 Å². The van der Waals surface area contributed by atoms with Gasteiger partial charge in [0.05, 0.1) is 0 Å². The molecule has 0 bridgehead atoms. The van der Waals surface area contributed by atoms with Crippen LogP contribution in [-0.2, 0) is 21.3 Å². The van der Waals surface area contributed by atoms with E-state index in [0.29, 0.717) is 16.6 Å². The number of halogens is 1. The monoisotopic (exact) mass is 305 g/mol. The third-order valence-electron chi connectivity index (χ3n) is 3.13. The van der Waals surface area contributed by atoms with E-state index in [9.17, 15) is 13.4 Å². The quantitative estimate of drug-likeness (QED) is 0.804. The Morgan fingerprint density at radius 2 is 1.81 bits per heavy atom. The first-order valence-corrected chi connectivity index (χ1v) is 7.76. The van der Waals surface area contributed by atoms with Crippen molar-refractivity contribution in [1.82, 2.24) is 0 Å². The van der Waals surface area contributed by atoms with Crippen LogP contribution in [0.25, 0.3) is 21.9 Å². The first-order valence-electron chi connectivity index (χ1n) is 6.27. The molecule has 1 atom stereocenters. The standard InChI is InChI=1S/C15H12FNO3S/c16-10-2-4-14-12(6-10)11-5-9(1-3-13(11)20-14)7-21(19)8-15(17)18/h1-6H,7-8H2,(H2,17,18). The minimum absolute atomic E-state index is 0.168. The Morgan fingerprint density at radius 1 is 1.14 bits per heavy atom. The van der Waals surface area contributed by atoms with Crippen molar-refractivity contribution in [2.24, 2.45) is 5.73 Å². The maximum atomic E-state index is 13.4. The number of carbonyl (C=O) groups is 1. The molecule has 3 aromatic rings. The van der Waals surface area contributed by atoms with Gasteiger partial charge in [-0.2, -0.15) is 0 Å². The molecule has 2 aromatic carbocycles. The van der Waals surface area contributed by atoms with Crippen molar-refractivity contribution in [3.63, 3.8) is 0 Å². The van der Waals surface area contributed by atoms with Gasteiger partial charge >= 0.3 is 0 Å². The van der Waals surface area contributed by atoms with Crippen LogP contribution in [0, 0.1) is 5.82 Å². The van der Waals surface area contributed by atoms with Crippen LogP contribution in [0.15, 0.2) is 40.8 Å². The number of fused-ring (bicyclic) bond motifs is 3. The summed E-state index contributed by atoms with van der Waals surface area (Å²) in [5.74, 6) is -0.877. The summed E-state index contributed by atoms with van der Waals surface area (Å²) in [4.78, 5) is 10.8. The average molecular weight is 305 g/mol. The molecule has 1 heterocycles. The number of hydrogen-bond acceptors (Lipinski definition) is 3. The third-order valence-corrected chi connectivity index (χ3v) is 4.39. The Bertz CT molecular complexity index is 872. The van der Waals surface area contributed by atoms with Crippen LogP contribution in [0.4, 0.5) is 4.39 Å². The van der Waals surface area contributed by atoms with Gasteiger partial charge in [0.15, 0.2) is 0 Å². The molecule has 1 aromatic heterocycles. The highest BCUT2D eigenvalue weighted by atomic mass is 32.2. The molecule has 0 saturated heterocycles. The van der Waals surface area contributed by atoms with E-state index in [2.05, 4.69) is 0 Å². The van der Waals surface area contributed by atoms with Gasteiger partial charge in [0.2, 0.25) is 5.91 Å². The number of furan rings is 1. The Kier molecular flexibility index (Phi) is 3.47. The molecule has 0 aliphatic carbocycles. The molecule has 0 radical (unpaired) electrons. The largest absolute Gasteiger partial charge is 0.456 e. The number of carbonyl (C=O) groups excluding carboxylic acids is 1. The molecule has 0 spiro atoms. The zero-order chi connectivity index (χ0) is 15.0. The van der Waals surface area contributed by atoms with Crippen LogP contribution in [-0.4, -0.2) is 15.9 Å². The predicted molar refractivity (Wildman–Crippen MR) is 79.6 cm³/mol. The second-order valence-corrected chi connectivity index (χ2v) is 6.22. The Hall–Kier alpha value is -2.21. The lowest BCUT2D eigenvalue weighted by Crippen LogP contribution is -2.20. The van der Waals surface area contributed by atoms with Crippen LogP contribution < -0.4 is 5.73 Å². The summed E-state index contributed by atoms with van der Waals surface area (Å²) < 4.78 is 30.7. The molecule has 0 aliphatic rings. The number of amides is 1. The van der Waals surface area contributed by atoms with E-state index in [-0.39, 0.29) is 17.3 Å². The molecule has 0 saturated carbocycles. The molecule has 1 unspecified atom stereocenters. The van der Waals surface area contributed by atoms with Crippen molar-refractivity contribution in [2.75, 3.05) is 5.75 Å². The molecule has 0 aliphatic heterocycles. The fraction of sp³-hybridized carbons (Fsp3) is 0.133. The van der Waals surface area contributed by atoms with Crippen LogP contribution >= 0.6 is 0 Å². The SMILES string of the molecule is NC(=O)CS(=O)Cc1ccc2oc3ccc(F)cc3c2c1. The number of hydrogen-bond donors (Lipinski definition) is 1. The smallest absolute Gasteiger partial charge is 0.230 e. The van der Waals surface area contributed by atoms with Crippen molar-refractivity contribution in [3.05, 3.63) is 47.8 Å². The van der Waals surface area contributed by atoms with Crippen molar-refractivity contribution < 1.29 is 17.8 Å². The van der Waals surface area contributed by atoms with E-state index in [1.165, 1.54) is 12.1 Å². The van der Waals surface area contributed by atoms with E-state index in [1.807, 2.05) is 0 Å². The summed E-state index contributed by atoms with van der Waals surface area (Å²) in [6.07, 6.45) is 0. The first-order chi connectivity index (χ1) is 10.0. The highest BCUT2D eigenvalue weighted by Gasteiger charge is 2.11. The second-order valence-electron chi connectivity index (χ2n) is 4.77. The maximum Gasteiger partial charge on any atom is 0.230 e. The van der Waals surface area contributed by atoms with Gasteiger partial charge < -0.3 is 10.2 Å². The van der Waals surface area contributed by atoms with Crippen molar-refractivity contribution in [1.29, 1.82) is 0 Å². The highest BCUT2D eigenvalue weighted by molar-refractivity contribution is 7.84. The molecule has 21 heavy (non-hydrogen) atoms. The molecule has 0 fully saturated rings. The zero-order valence-corrected chi connectivity index (χ0v) is 11.8. The van der Waals surface area contributed by atoms with Crippen molar-refractivity contribution >= 4 is 38.6 Å². The van der Waals surface area contributed by atoms with Gasteiger partial charge in [-0.25, -0.2) is 4.39 Å². The Morgan fingerprint density at radius 3 is 2.52 bits per heavy atom. The van der Waals surface area contributed by atoms with E-state index in [4.69, 9.17) is 10.2 Å². The molecule has 1 amide bonds. The minimum Gasteiger partial charge on any atom is -0.456 e. The molecule has 2 N–H and O–H groups in total. The second kappa shape index (κ2) is 5.29. The minimum atomic E-state index is -1.35. The summed E-state index contributed by atoms with van der Waals surface area (Å²) >= 11 is 0. The lowest BCUT2D eigenvalue weighted by atomic mass is 10.1. The summed E-state index contributed by atoms with van der Waals surface area (Å²) in [5.41, 5.74) is 7.05. The van der Waals surface area contributed by atoms with Crippen LogP contribution in [0.2, 0.25) is 0 Å². The highest BCUT2D eigenvalue weighted by Crippen LogP contribution is 2.30. The summed E-state index contributed by atoms with van der Waals surface area (Å²) in [5, 5.41) is 1.44. The summed E-state index contributed by atoms with van der Waals surface area (Å²) in [6, 6.07) is 9.66. The van der Waals surface area contributed by atoms with Crippen LogP contribution in [0.5, 0.6) is 0 Å². The molecular weight excluding hydrogens is 293 g/mol. The van der Waals surface area contributed by atoms with Crippen LogP contribution in [0.1, 0.15) is 5.56 Å². The normalized spacial score (nSPS) is 12.8. The molecule has 4 nitrogen and oxygen atoms in total. The summed E-state index contributed by atoms with van der Waals surface area (Å²) in [7, 11) is -1.35. The number of rotatable bonds is 4. The predicted octanol–water partition coefficient (Wildman–Crippen LogP) is 2.46. The van der Waals surface area contributed by atoms with Gasteiger partial charge in [0.1, 0.15) is 22.7 Å². The molecule has 108 valence electrons. The lowest BCUT2D eigenvalue weighted by molar-refractivity contribution is -0.115. The molecule has 6 heteroatoms. The van der Waals surface area contributed by atoms with E-state index in [0.717, 1.165) is 10.9 Å². The molecular formula is C15H12FNO3S. The van der Waals surface area contributed by atoms with Crippen molar-refractivity contribution in [3.8, 4) is 0 Å². The first kappa shape index (κ1) is 13.8. The summed E-state index contributed by atoms with van der Waals surface area (Å²) in [6.45, 7) is 0. The van der Waals surface area contributed by atoms with Gasteiger partial charge in [-0.3, -0.25) is 9.00 Å². The number of primary amides is 1. The van der Waals surface area contributed by atoms with Gasteiger partial charge in [-0.05, 0) is 35.9 Å².